The zero-order valence-corrected chi connectivity index (χ0v) is 12.5. The van der Waals surface area contributed by atoms with Crippen molar-refractivity contribution in [2.45, 2.75) is 32.6 Å². The molecule has 6 heteroatoms. The Kier molecular flexibility index (Phi) is 4.58. The van der Waals surface area contributed by atoms with E-state index in [2.05, 4.69) is 4.72 Å². The highest BCUT2D eigenvalue weighted by atomic mass is 32.2. The molecule has 1 aromatic rings. The molecule has 0 aliphatic carbocycles. The molecule has 0 unspecified atom stereocenters. The average molecular weight is 288 g/mol. The van der Waals surface area contributed by atoms with Crippen LogP contribution in [0.1, 0.15) is 27.7 Å². The summed E-state index contributed by atoms with van der Waals surface area (Å²) in [4.78, 5) is -0.374. The quantitative estimate of drug-likeness (QED) is 0.817. The van der Waals surface area contributed by atoms with E-state index in [-0.39, 0.29) is 22.5 Å². The standard InChI is InChI=1S/C13H21FN2O2S/c1-9(2)13(3,4)8-16-19(17,18)12-6-5-10(15)7-11(12)14/h5-7,9,16H,8,15H2,1-4H3. The molecule has 0 saturated heterocycles. The molecule has 4 nitrogen and oxygen atoms in total. The summed E-state index contributed by atoms with van der Waals surface area (Å²) in [5.41, 5.74) is 5.38. The molecular weight excluding hydrogens is 267 g/mol. The van der Waals surface area contributed by atoms with Gasteiger partial charge < -0.3 is 5.73 Å². The summed E-state index contributed by atoms with van der Waals surface area (Å²) in [5, 5.41) is 0. The van der Waals surface area contributed by atoms with E-state index in [4.69, 9.17) is 5.73 Å². The van der Waals surface area contributed by atoms with Crippen molar-refractivity contribution in [3.8, 4) is 0 Å². The largest absolute Gasteiger partial charge is 0.399 e. The maximum absolute atomic E-state index is 13.6. The first kappa shape index (κ1) is 15.9. The van der Waals surface area contributed by atoms with Crippen LogP contribution >= 0.6 is 0 Å². The highest BCUT2D eigenvalue weighted by Gasteiger charge is 2.26. The van der Waals surface area contributed by atoms with Gasteiger partial charge in [-0.05, 0) is 29.5 Å². The van der Waals surface area contributed by atoms with Crippen LogP contribution in [0.2, 0.25) is 0 Å². The number of hydrogen-bond donors (Lipinski definition) is 2. The maximum atomic E-state index is 13.6. The van der Waals surface area contributed by atoms with Crippen LogP contribution < -0.4 is 10.5 Å². The molecule has 0 saturated carbocycles. The minimum absolute atomic E-state index is 0.193. The molecule has 0 aliphatic heterocycles. The number of rotatable bonds is 5. The Morgan fingerprint density at radius 1 is 1.37 bits per heavy atom. The Hall–Kier alpha value is -1.14. The van der Waals surface area contributed by atoms with Crippen LogP contribution in [-0.4, -0.2) is 15.0 Å². The van der Waals surface area contributed by atoms with Crippen molar-refractivity contribution in [3.05, 3.63) is 24.0 Å². The van der Waals surface area contributed by atoms with Crippen LogP contribution in [0.25, 0.3) is 0 Å². The third-order valence-corrected chi connectivity index (χ3v) is 4.96. The molecule has 0 aromatic heterocycles. The highest BCUT2D eigenvalue weighted by Crippen LogP contribution is 2.26. The molecule has 0 atom stereocenters. The molecule has 0 heterocycles. The van der Waals surface area contributed by atoms with E-state index in [1.165, 1.54) is 12.1 Å². The first-order valence-electron chi connectivity index (χ1n) is 6.11. The summed E-state index contributed by atoms with van der Waals surface area (Å²) in [6.07, 6.45) is 0. The summed E-state index contributed by atoms with van der Waals surface area (Å²) in [6.45, 7) is 8.19. The van der Waals surface area contributed by atoms with Crippen molar-refractivity contribution in [1.29, 1.82) is 0 Å². The van der Waals surface area contributed by atoms with Gasteiger partial charge in [0.2, 0.25) is 10.0 Å². The molecule has 19 heavy (non-hydrogen) atoms. The number of anilines is 1. The second-order valence-corrected chi connectivity index (χ2v) is 7.39. The number of hydrogen-bond acceptors (Lipinski definition) is 3. The van der Waals surface area contributed by atoms with Crippen LogP contribution in [0.4, 0.5) is 10.1 Å². The SMILES string of the molecule is CC(C)C(C)(C)CNS(=O)(=O)c1ccc(N)cc1F. The second-order valence-electron chi connectivity index (χ2n) is 5.66. The van der Waals surface area contributed by atoms with Gasteiger partial charge in [-0.2, -0.15) is 0 Å². The van der Waals surface area contributed by atoms with Crippen molar-refractivity contribution in [1.82, 2.24) is 4.72 Å². The third-order valence-electron chi connectivity index (χ3n) is 3.53. The monoisotopic (exact) mass is 288 g/mol. The fraction of sp³-hybridized carbons (Fsp3) is 0.538. The summed E-state index contributed by atoms with van der Waals surface area (Å²) in [6, 6.07) is 3.54. The lowest BCUT2D eigenvalue weighted by Crippen LogP contribution is -2.37. The van der Waals surface area contributed by atoms with Gasteiger partial charge in [0.15, 0.2) is 0 Å². The number of nitrogen functional groups attached to an aromatic ring is 1. The topological polar surface area (TPSA) is 72.2 Å². The Bertz CT molecular complexity index is 554. The normalized spacial score (nSPS) is 12.9. The summed E-state index contributed by atoms with van der Waals surface area (Å²) in [7, 11) is -3.85. The van der Waals surface area contributed by atoms with Crippen molar-refractivity contribution in [2.75, 3.05) is 12.3 Å². The molecule has 0 spiro atoms. The molecule has 0 bridgehead atoms. The first-order valence-corrected chi connectivity index (χ1v) is 7.59. The zero-order valence-electron chi connectivity index (χ0n) is 11.7. The van der Waals surface area contributed by atoms with Gasteiger partial charge in [0.25, 0.3) is 0 Å². The van der Waals surface area contributed by atoms with E-state index in [9.17, 15) is 12.8 Å². The van der Waals surface area contributed by atoms with Gasteiger partial charge in [-0.25, -0.2) is 17.5 Å². The lowest BCUT2D eigenvalue weighted by molar-refractivity contribution is 0.252. The van der Waals surface area contributed by atoms with Crippen molar-refractivity contribution in [3.63, 3.8) is 0 Å². The van der Waals surface area contributed by atoms with Crippen LogP contribution in [-0.2, 0) is 10.0 Å². The Morgan fingerprint density at radius 2 is 1.95 bits per heavy atom. The van der Waals surface area contributed by atoms with Crippen LogP contribution in [0.5, 0.6) is 0 Å². The third kappa shape index (κ3) is 3.91. The number of nitrogens with two attached hydrogens (primary N) is 1. The van der Waals surface area contributed by atoms with Gasteiger partial charge >= 0.3 is 0 Å². The van der Waals surface area contributed by atoms with E-state index in [1.807, 2.05) is 27.7 Å². The number of sulfonamides is 1. The van der Waals surface area contributed by atoms with Crippen LogP contribution in [0.15, 0.2) is 23.1 Å². The predicted molar refractivity (Wildman–Crippen MR) is 74.6 cm³/mol. The van der Waals surface area contributed by atoms with Gasteiger partial charge in [0.05, 0.1) is 0 Å². The van der Waals surface area contributed by atoms with E-state index >= 15 is 0 Å². The smallest absolute Gasteiger partial charge is 0.243 e. The number of benzene rings is 1. The molecule has 1 aromatic carbocycles. The molecule has 108 valence electrons. The first-order chi connectivity index (χ1) is 8.56. The summed E-state index contributed by atoms with van der Waals surface area (Å²) in [5.74, 6) is -0.540. The zero-order chi connectivity index (χ0) is 14.8. The fourth-order valence-electron chi connectivity index (χ4n) is 1.30. The Balaban J connectivity index is 2.94. The summed E-state index contributed by atoms with van der Waals surface area (Å²) < 4.78 is 40.2. The number of halogens is 1. The van der Waals surface area contributed by atoms with E-state index in [1.54, 1.807) is 0 Å². The Morgan fingerprint density at radius 3 is 2.42 bits per heavy atom. The van der Waals surface area contributed by atoms with Crippen molar-refractivity contribution in [2.24, 2.45) is 11.3 Å². The minimum Gasteiger partial charge on any atom is -0.399 e. The Labute approximate surface area is 114 Å². The number of nitrogens with one attached hydrogen (secondary N) is 1. The van der Waals surface area contributed by atoms with E-state index in [0.29, 0.717) is 5.92 Å². The van der Waals surface area contributed by atoms with Crippen molar-refractivity contribution < 1.29 is 12.8 Å². The molecule has 0 amide bonds. The average Bonchev–Trinajstić information content (AvgIpc) is 2.26. The second kappa shape index (κ2) is 5.46. The molecule has 0 radical (unpaired) electrons. The van der Waals surface area contributed by atoms with Crippen LogP contribution in [0.3, 0.4) is 0 Å². The molecule has 0 aliphatic rings. The van der Waals surface area contributed by atoms with E-state index < -0.39 is 15.8 Å². The molecule has 0 fully saturated rings. The van der Waals surface area contributed by atoms with Gasteiger partial charge in [-0.3, -0.25) is 0 Å². The lowest BCUT2D eigenvalue weighted by Gasteiger charge is -2.29. The van der Waals surface area contributed by atoms with Gasteiger partial charge in [0.1, 0.15) is 10.7 Å². The fourth-order valence-corrected chi connectivity index (χ4v) is 2.58. The lowest BCUT2D eigenvalue weighted by atomic mass is 9.81. The molecule has 1 rings (SSSR count). The summed E-state index contributed by atoms with van der Waals surface area (Å²) >= 11 is 0. The van der Waals surface area contributed by atoms with Crippen LogP contribution in [0, 0.1) is 17.2 Å². The van der Waals surface area contributed by atoms with Gasteiger partial charge in [-0.1, -0.05) is 27.7 Å². The highest BCUT2D eigenvalue weighted by molar-refractivity contribution is 7.89. The minimum atomic E-state index is -3.85. The van der Waals surface area contributed by atoms with E-state index in [0.717, 1.165) is 6.07 Å². The predicted octanol–water partition coefficient (Wildman–Crippen LogP) is 2.37. The van der Waals surface area contributed by atoms with Gasteiger partial charge in [-0.15, -0.1) is 0 Å². The maximum Gasteiger partial charge on any atom is 0.243 e. The molecular formula is C13H21FN2O2S. The van der Waals surface area contributed by atoms with Crippen molar-refractivity contribution >= 4 is 15.7 Å². The molecule has 3 N–H and O–H groups in total. The van der Waals surface area contributed by atoms with Gasteiger partial charge in [0, 0.05) is 12.2 Å².